The number of carbonyl (C=O) groups is 1. The number of hydrogen-bond acceptors (Lipinski definition) is 4. The number of benzene rings is 1. The summed E-state index contributed by atoms with van der Waals surface area (Å²) in [5.74, 6) is 0.454. The van der Waals surface area contributed by atoms with Crippen molar-refractivity contribution in [3.63, 3.8) is 0 Å². The Morgan fingerprint density at radius 3 is 2.88 bits per heavy atom. The molecule has 124 valence electrons. The van der Waals surface area contributed by atoms with Gasteiger partial charge in [0.15, 0.2) is 5.65 Å². The third kappa shape index (κ3) is 4.24. The molecule has 24 heavy (non-hydrogen) atoms. The van der Waals surface area contributed by atoms with E-state index < -0.39 is 0 Å². The number of fused-ring (bicyclic) bond motifs is 1. The summed E-state index contributed by atoms with van der Waals surface area (Å²) in [6.45, 7) is 0.280. The van der Waals surface area contributed by atoms with Gasteiger partial charge in [-0.15, -0.1) is 0 Å². The summed E-state index contributed by atoms with van der Waals surface area (Å²) in [5, 5.41) is 1.16. The molecule has 2 heterocycles. The average molecular weight is 364 g/mol. The number of halogens is 2. The summed E-state index contributed by atoms with van der Waals surface area (Å²) >= 11 is 11.9. The van der Waals surface area contributed by atoms with E-state index >= 15 is 0 Å². The zero-order valence-corrected chi connectivity index (χ0v) is 14.3. The van der Waals surface area contributed by atoms with Gasteiger partial charge < -0.3 is 9.72 Å². The highest BCUT2D eigenvalue weighted by molar-refractivity contribution is 6.35. The Balaban J connectivity index is 1.45. The van der Waals surface area contributed by atoms with Gasteiger partial charge in [-0.05, 0) is 29.8 Å². The van der Waals surface area contributed by atoms with E-state index in [-0.39, 0.29) is 19.0 Å². The number of ether oxygens (including phenoxy) is 1. The number of nitrogens with one attached hydrogen (secondary N) is 1. The van der Waals surface area contributed by atoms with E-state index in [1.165, 1.54) is 0 Å². The number of hydrogen-bond donors (Lipinski definition) is 1. The third-order valence-corrected chi connectivity index (χ3v) is 4.11. The molecule has 0 unspecified atom stereocenters. The lowest BCUT2D eigenvalue weighted by Crippen LogP contribution is -2.09. The van der Waals surface area contributed by atoms with E-state index in [1.807, 2.05) is 18.2 Å². The molecule has 0 saturated carbocycles. The van der Waals surface area contributed by atoms with Gasteiger partial charge in [-0.3, -0.25) is 4.79 Å². The first-order valence-electron chi connectivity index (χ1n) is 7.51. The van der Waals surface area contributed by atoms with Gasteiger partial charge in [-0.25, -0.2) is 9.97 Å². The van der Waals surface area contributed by atoms with Crippen LogP contribution in [0.15, 0.2) is 36.5 Å². The lowest BCUT2D eigenvalue weighted by molar-refractivity contribution is -0.143. The Hall–Kier alpha value is -2.11. The molecule has 0 fully saturated rings. The van der Waals surface area contributed by atoms with Gasteiger partial charge in [-0.1, -0.05) is 29.3 Å². The fourth-order valence-corrected chi connectivity index (χ4v) is 2.81. The second-order valence-corrected chi connectivity index (χ2v) is 6.11. The van der Waals surface area contributed by atoms with Crippen LogP contribution in [0.4, 0.5) is 0 Å². The van der Waals surface area contributed by atoms with Crippen LogP contribution in [0.1, 0.15) is 17.8 Å². The zero-order chi connectivity index (χ0) is 16.9. The molecule has 0 saturated heterocycles. The SMILES string of the molecule is O=C(CCc1nc2ncccc2[nH]1)OCCc1ccc(Cl)cc1Cl. The smallest absolute Gasteiger partial charge is 0.306 e. The standard InChI is InChI=1S/C17H15Cl2N3O2/c18-12-4-3-11(13(19)10-12)7-9-24-16(23)6-5-15-21-14-2-1-8-20-17(14)22-15/h1-4,8,10H,5-7,9H2,(H,20,21,22). The summed E-state index contributed by atoms with van der Waals surface area (Å²) in [5.41, 5.74) is 2.41. The largest absolute Gasteiger partial charge is 0.465 e. The highest BCUT2D eigenvalue weighted by Gasteiger charge is 2.08. The average Bonchev–Trinajstić information content (AvgIpc) is 2.98. The number of carbonyl (C=O) groups excluding carboxylic acids is 1. The molecule has 0 amide bonds. The molecule has 0 aliphatic carbocycles. The predicted molar refractivity (Wildman–Crippen MR) is 93.3 cm³/mol. The first-order chi connectivity index (χ1) is 11.6. The van der Waals surface area contributed by atoms with Crippen molar-refractivity contribution in [3.8, 4) is 0 Å². The minimum atomic E-state index is -0.270. The molecular formula is C17H15Cl2N3O2. The molecular weight excluding hydrogens is 349 g/mol. The van der Waals surface area contributed by atoms with Crippen LogP contribution in [0.2, 0.25) is 10.0 Å². The Bertz CT molecular complexity index is 831. The van der Waals surface area contributed by atoms with Gasteiger partial charge in [0.25, 0.3) is 0 Å². The number of rotatable bonds is 6. The summed E-state index contributed by atoms with van der Waals surface area (Å²) in [6, 6.07) is 9.00. The van der Waals surface area contributed by atoms with E-state index in [1.54, 1.807) is 18.3 Å². The first kappa shape index (κ1) is 16.7. The number of aryl methyl sites for hydroxylation is 1. The van der Waals surface area contributed by atoms with Gasteiger partial charge in [0.05, 0.1) is 18.5 Å². The number of aromatic nitrogens is 3. The van der Waals surface area contributed by atoms with Crippen LogP contribution in [0.3, 0.4) is 0 Å². The van der Waals surface area contributed by atoms with Crippen molar-refractivity contribution in [2.75, 3.05) is 6.61 Å². The quantitative estimate of drug-likeness (QED) is 0.672. The predicted octanol–water partition coefficient (Wildman–Crippen LogP) is 3.98. The van der Waals surface area contributed by atoms with Crippen molar-refractivity contribution in [2.24, 2.45) is 0 Å². The molecule has 3 aromatic rings. The molecule has 5 nitrogen and oxygen atoms in total. The fraction of sp³-hybridized carbons (Fsp3) is 0.235. The number of H-pyrrole nitrogens is 1. The topological polar surface area (TPSA) is 67.9 Å². The summed E-state index contributed by atoms with van der Waals surface area (Å²) < 4.78 is 5.24. The van der Waals surface area contributed by atoms with E-state index in [2.05, 4.69) is 15.0 Å². The van der Waals surface area contributed by atoms with Crippen LogP contribution in [0, 0.1) is 0 Å². The Morgan fingerprint density at radius 1 is 1.21 bits per heavy atom. The number of imidazole rings is 1. The maximum absolute atomic E-state index is 11.8. The molecule has 3 rings (SSSR count). The van der Waals surface area contributed by atoms with E-state index in [4.69, 9.17) is 27.9 Å². The van der Waals surface area contributed by atoms with Crippen LogP contribution in [-0.2, 0) is 22.4 Å². The number of nitrogens with zero attached hydrogens (tertiary/aromatic N) is 2. The molecule has 2 aromatic heterocycles. The van der Waals surface area contributed by atoms with Gasteiger partial charge in [0, 0.05) is 29.1 Å². The van der Waals surface area contributed by atoms with E-state index in [0.717, 1.165) is 16.9 Å². The van der Waals surface area contributed by atoms with Crippen LogP contribution in [0.5, 0.6) is 0 Å². The number of esters is 1. The van der Waals surface area contributed by atoms with Crippen LogP contribution in [-0.4, -0.2) is 27.5 Å². The molecule has 0 bridgehead atoms. The van der Waals surface area contributed by atoms with E-state index in [9.17, 15) is 4.79 Å². The molecule has 1 aromatic carbocycles. The van der Waals surface area contributed by atoms with Gasteiger partial charge in [-0.2, -0.15) is 0 Å². The van der Waals surface area contributed by atoms with Gasteiger partial charge in [0.2, 0.25) is 0 Å². The van der Waals surface area contributed by atoms with Crippen molar-refractivity contribution >= 4 is 40.3 Å². The van der Waals surface area contributed by atoms with Gasteiger partial charge in [0.1, 0.15) is 5.82 Å². The van der Waals surface area contributed by atoms with Crippen molar-refractivity contribution in [3.05, 3.63) is 58.0 Å². The Morgan fingerprint density at radius 2 is 2.08 bits per heavy atom. The minimum absolute atomic E-state index is 0.258. The van der Waals surface area contributed by atoms with Crippen molar-refractivity contribution in [1.82, 2.24) is 15.0 Å². The Labute approximate surface area is 149 Å². The first-order valence-corrected chi connectivity index (χ1v) is 8.26. The maximum Gasteiger partial charge on any atom is 0.306 e. The van der Waals surface area contributed by atoms with Crippen molar-refractivity contribution in [2.45, 2.75) is 19.3 Å². The van der Waals surface area contributed by atoms with Crippen LogP contribution in [0.25, 0.3) is 11.2 Å². The third-order valence-electron chi connectivity index (χ3n) is 3.52. The summed E-state index contributed by atoms with van der Waals surface area (Å²) in [4.78, 5) is 23.4. The molecule has 0 aliphatic rings. The fourth-order valence-electron chi connectivity index (χ4n) is 2.31. The molecule has 7 heteroatoms. The van der Waals surface area contributed by atoms with Crippen molar-refractivity contribution < 1.29 is 9.53 Å². The minimum Gasteiger partial charge on any atom is -0.465 e. The summed E-state index contributed by atoms with van der Waals surface area (Å²) in [6.07, 6.45) is 2.98. The highest BCUT2D eigenvalue weighted by Crippen LogP contribution is 2.21. The molecule has 0 radical (unpaired) electrons. The molecule has 0 aliphatic heterocycles. The second-order valence-electron chi connectivity index (χ2n) is 5.26. The van der Waals surface area contributed by atoms with Crippen LogP contribution >= 0.6 is 23.2 Å². The lowest BCUT2D eigenvalue weighted by Gasteiger charge is -2.06. The van der Waals surface area contributed by atoms with Crippen molar-refractivity contribution in [1.29, 1.82) is 0 Å². The highest BCUT2D eigenvalue weighted by atomic mass is 35.5. The number of pyridine rings is 1. The molecule has 0 spiro atoms. The molecule has 0 atom stereocenters. The normalized spacial score (nSPS) is 10.9. The zero-order valence-electron chi connectivity index (χ0n) is 12.8. The maximum atomic E-state index is 11.8. The Kier molecular flexibility index (Phi) is 5.33. The number of aromatic amines is 1. The second kappa shape index (κ2) is 7.64. The lowest BCUT2D eigenvalue weighted by atomic mass is 10.2. The van der Waals surface area contributed by atoms with Crippen LogP contribution < -0.4 is 0 Å². The monoisotopic (exact) mass is 363 g/mol. The molecule has 1 N–H and O–H groups in total. The summed E-state index contributed by atoms with van der Waals surface area (Å²) in [7, 11) is 0. The van der Waals surface area contributed by atoms with E-state index in [0.29, 0.717) is 28.5 Å². The van der Waals surface area contributed by atoms with Gasteiger partial charge >= 0.3 is 5.97 Å².